The SMILES string of the molecule is CCCCNC(=O)[C@H](C)N(Cc1ccc(Cl)cc1)C(=O)COc1ccccc1Cl. The third-order valence-corrected chi connectivity index (χ3v) is 5.02. The lowest BCUT2D eigenvalue weighted by molar-refractivity contribution is -0.142. The minimum absolute atomic E-state index is 0.196. The van der Waals surface area contributed by atoms with Gasteiger partial charge < -0.3 is 15.0 Å². The van der Waals surface area contributed by atoms with Crippen molar-refractivity contribution >= 4 is 35.0 Å². The van der Waals surface area contributed by atoms with Crippen LogP contribution in [0.2, 0.25) is 10.0 Å². The Kier molecular flexibility index (Phi) is 9.29. The number of amides is 2. The first kappa shape index (κ1) is 23.0. The highest BCUT2D eigenvalue weighted by molar-refractivity contribution is 6.32. The summed E-state index contributed by atoms with van der Waals surface area (Å²) in [6.07, 6.45) is 1.87. The minimum Gasteiger partial charge on any atom is -0.482 e. The number of para-hydroxylation sites is 1. The number of nitrogens with one attached hydrogen (secondary N) is 1. The number of ether oxygens (including phenoxy) is 1. The average molecular weight is 437 g/mol. The topological polar surface area (TPSA) is 58.6 Å². The summed E-state index contributed by atoms with van der Waals surface area (Å²) in [6, 6.07) is 13.5. The molecule has 0 radical (unpaired) electrons. The van der Waals surface area contributed by atoms with Crippen molar-refractivity contribution < 1.29 is 14.3 Å². The third-order valence-electron chi connectivity index (χ3n) is 4.45. The zero-order valence-electron chi connectivity index (χ0n) is 16.7. The second kappa shape index (κ2) is 11.7. The molecular weight excluding hydrogens is 411 g/mol. The maximum Gasteiger partial charge on any atom is 0.261 e. The largest absolute Gasteiger partial charge is 0.482 e. The quantitative estimate of drug-likeness (QED) is 0.548. The number of carbonyl (C=O) groups excluding carboxylic acids is 2. The van der Waals surface area contributed by atoms with E-state index in [2.05, 4.69) is 12.2 Å². The van der Waals surface area contributed by atoms with Crippen LogP contribution in [0.15, 0.2) is 48.5 Å². The molecule has 5 nitrogen and oxygen atoms in total. The second-order valence-corrected chi connectivity index (χ2v) is 7.53. The van der Waals surface area contributed by atoms with Crippen molar-refractivity contribution in [3.05, 3.63) is 64.1 Å². The molecule has 2 amide bonds. The van der Waals surface area contributed by atoms with Crippen molar-refractivity contribution in [3.63, 3.8) is 0 Å². The van der Waals surface area contributed by atoms with Crippen LogP contribution in [0.5, 0.6) is 5.75 Å². The lowest BCUT2D eigenvalue weighted by Crippen LogP contribution is -2.49. The highest BCUT2D eigenvalue weighted by atomic mass is 35.5. The standard InChI is InChI=1S/C22H26Cl2N2O3/c1-3-4-13-25-22(28)16(2)26(14-17-9-11-18(23)12-10-17)21(27)15-29-20-8-6-5-7-19(20)24/h5-12,16H,3-4,13-15H2,1-2H3,(H,25,28)/t16-/m0/s1. The fraction of sp³-hybridized carbons (Fsp3) is 0.364. The number of halogens is 2. The van der Waals surface area contributed by atoms with E-state index in [4.69, 9.17) is 27.9 Å². The van der Waals surface area contributed by atoms with E-state index in [1.54, 1.807) is 43.3 Å². The summed E-state index contributed by atoms with van der Waals surface area (Å²) in [5.41, 5.74) is 0.869. The number of hydrogen-bond acceptors (Lipinski definition) is 3. The van der Waals surface area contributed by atoms with Crippen molar-refractivity contribution in [2.45, 2.75) is 39.3 Å². The van der Waals surface area contributed by atoms with Gasteiger partial charge in [-0.15, -0.1) is 0 Å². The van der Waals surface area contributed by atoms with Crippen LogP contribution >= 0.6 is 23.2 Å². The zero-order chi connectivity index (χ0) is 21.2. The molecule has 0 bridgehead atoms. The maximum absolute atomic E-state index is 12.9. The molecule has 2 rings (SSSR count). The van der Waals surface area contributed by atoms with Gasteiger partial charge >= 0.3 is 0 Å². The maximum atomic E-state index is 12.9. The molecule has 0 aliphatic rings. The third kappa shape index (κ3) is 7.26. The van der Waals surface area contributed by atoms with Crippen LogP contribution in [0.4, 0.5) is 0 Å². The van der Waals surface area contributed by atoms with E-state index >= 15 is 0 Å². The number of nitrogens with zero attached hydrogens (tertiary/aromatic N) is 1. The van der Waals surface area contributed by atoms with Crippen molar-refractivity contribution in [1.29, 1.82) is 0 Å². The summed E-state index contributed by atoms with van der Waals surface area (Å²) >= 11 is 12.0. The van der Waals surface area contributed by atoms with E-state index in [0.717, 1.165) is 18.4 Å². The summed E-state index contributed by atoms with van der Waals surface area (Å²) in [6.45, 7) is 4.40. The number of unbranched alkanes of at least 4 members (excludes halogenated alkanes) is 1. The summed E-state index contributed by atoms with van der Waals surface area (Å²) < 4.78 is 5.59. The molecule has 0 spiro atoms. The van der Waals surface area contributed by atoms with Gasteiger partial charge in [-0.3, -0.25) is 9.59 Å². The molecule has 0 aromatic heterocycles. The van der Waals surface area contributed by atoms with Gasteiger partial charge in [-0.05, 0) is 43.2 Å². The highest BCUT2D eigenvalue weighted by Crippen LogP contribution is 2.23. The molecule has 0 fully saturated rings. The molecule has 0 unspecified atom stereocenters. The predicted octanol–water partition coefficient (Wildman–Crippen LogP) is 4.71. The molecule has 0 aliphatic carbocycles. The number of benzene rings is 2. The van der Waals surface area contributed by atoms with E-state index in [-0.39, 0.29) is 25.0 Å². The van der Waals surface area contributed by atoms with Gasteiger partial charge in [-0.1, -0.05) is 60.8 Å². The molecule has 0 saturated carbocycles. The van der Waals surface area contributed by atoms with E-state index in [0.29, 0.717) is 22.3 Å². The Balaban J connectivity index is 2.11. The Bertz CT molecular complexity index is 812. The smallest absolute Gasteiger partial charge is 0.261 e. The molecule has 0 heterocycles. The van der Waals surface area contributed by atoms with Crippen LogP contribution < -0.4 is 10.1 Å². The van der Waals surface area contributed by atoms with E-state index in [1.165, 1.54) is 4.90 Å². The molecule has 1 atom stereocenters. The van der Waals surface area contributed by atoms with Crippen molar-refractivity contribution in [2.75, 3.05) is 13.2 Å². The molecule has 1 N–H and O–H groups in total. The fourth-order valence-corrected chi connectivity index (χ4v) is 3.01. The van der Waals surface area contributed by atoms with Gasteiger partial charge in [-0.2, -0.15) is 0 Å². The Morgan fingerprint density at radius 1 is 1.10 bits per heavy atom. The van der Waals surface area contributed by atoms with Crippen molar-refractivity contribution in [1.82, 2.24) is 10.2 Å². The summed E-state index contributed by atoms with van der Waals surface area (Å²) in [5, 5.41) is 3.92. The lowest BCUT2D eigenvalue weighted by atomic mass is 10.1. The Morgan fingerprint density at radius 3 is 2.45 bits per heavy atom. The van der Waals surface area contributed by atoms with E-state index in [9.17, 15) is 9.59 Å². The Hall–Kier alpha value is -2.24. The van der Waals surface area contributed by atoms with Gasteiger partial charge in [0.1, 0.15) is 11.8 Å². The number of rotatable bonds is 10. The van der Waals surface area contributed by atoms with Crippen LogP contribution in [0, 0.1) is 0 Å². The van der Waals surface area contributed by atoms with Gasteiger partial charge in [0, 0.05) is 18.1 Å². The molecule has 156 valence electrons. The van der Waals surface area contributed by atoms with Crippen LogP contribution in [0.3, 0.4) is 0 Å². The van der Waals surface area contributed by atoms with Crippen LogP contribution in [-0.2, 0) is 16.1 Å². The molecule has 7 heteroatoms. The zero-order valence-corrected chi connectivity index (χ0v) is 18.2. The second-order valence-electron chi connectivity index (χ2n) is 6.69. The van der Waals surface area contributed by atoms with Crippen LogP contribution in [-0.4, -0.2) is 35.9 Å². The van der Waals surface area contributed by atoms with Crippen molar-refractivity contribution in [2.24, 2.45) is 0 Å². The average Bonchev–Trinajstić information content (AvgIpc) is 2.72. The molecule has 29 heavy (non-hydrogen) atoms. The molecule has 2 aromatic carbocycles. The van der Waals surface area contributed by atoms with Gasteiger partial charge in [-0.25, -0.2) is 0 Å². The van der Waals surface area contributed by atoms with Crippen LogP contribution in [0.1, 0.15) is 32.3 Å². The predicted molar refractivity (Wildman–Crippen MR) is 116 cm³/mol. The highest BCUT2D eigenvalue weighted by Gasteiger charge is 2.26. The summed E-state index contributed by atoms with van der Waals surface area (Å²) in [4.78, 5) is 27.0. The van der Waals surface area contributed by atoms with Crippen molar-refractivity contribution in [3.8, 4) is 5.75 Å². The first-order valence-electron chi connectivity index (χ1n) is 9.61. The lowest BCUT2D eigenvalue weighted by Gasteiger charge is -2.29. The number of carbonyl (C=O) groups is 2. The molecule has 0 saturated heterocycles. The van der Waals surface area contributed by atoms with Gasteiger partial charge in [0.25, 0.3) is 5.91 Å². The Morgan fingerprint density at radius 2 is 1.79 bits per heavy atom. The summed E-state index contributed by atoms with van der Waals surface area (Å²) in [7, 11) is 0. The van der Waals surface area contributed by atoms with E-state index in [1.807, 2.05) is 12.1 Å². The normalized spacial score (nSPS) is 11.6. The molecular formula is C22H26Cl2N2O3. The van der Waals surface area contributed by atoms with E-state index < -0.39 is 6.04 Å². The van der Waals surface area contributed by atoms with Gasteiger partial charge in [0.15, 0.2) is 6.61 Å². The van der Waals surface area contributed by atoms with Gasteiger partial charge in [0.2, 0.25) is 5.91 Å². The first-order valence-corrected chi connectivity index (χ1v) is 10.4. The molecule has 0 aliphatic heterocycles. The monoisotopic (exact) mass is 436 g/mol. The first-order chi connectivity index (χ1) is 13.9. The Labute approximate surface area is 181 Å². The van der Waals surface area contributed by atoms with Gasteiger partial charge in [0.05, 0.1) is 5.02 Å². The minimum atomic E-state index is -0.648. The molecule has 2 aromatic rings. The fourth-order valence-electron chi connectivity index (χ4n) is 2.69. The van der Waals surface area contributed by atoms with Crippen LogP contribution in [0.25, 0.3) is 0 Å². The number of hydrogen-bond donors (Lipinski definition) is 1. The summed E-state index contributed by atoms with van der Waals surface area (Å²) in [5.74, 6) is -0.0782.